The summed E-state index contributed by atoms with van der Waals surface area (Å²) in [5, 5.41) is 10.6. The summed E-state index contributed by atoms with van der Waals surface area (Å²) < 4.78 is 5.63. The number of fused-ring (bicyclic) bond motifs is 3. The van der Waals surface area contributed by atoms with E-state index in [0.717, 1.165) is 56.6 Å². The third-order valence-corrected chi connectivity index (χ3v) is 8.64. The number of nitriles is 1. The minimum absolute atomic E-state index is 0.230. The molecule has 41 heavy (non-hydrogen) atoms. The summed E-state index contributed by atoms with van der Waals surface area (Å²) in [5.74, 6) is 0. The molecule has 214 valence electrons. The highest BCUT2D eigenvalue weighted by Gasteiger charge is 2.37. The highest BCUT2D eigenvalue weighted by molar-refractivity contribution is 5.95. The first-order chi connectivity index (χ1) is 19.7. The monoisotopic (exact) mass is 552 g/mol. The van der Waals surface area contributed by atoms with Gasteiger partial charge in [0.05, 0.1) is 11.1 Å². The quantitative estimate of drug-likeness (QED) is 0.462. The summed E-state index contributed by atoms with van der Waals surface area (Å²) in [7, 11) is 0. The van der Waals surface area contributed by atoms with Gasteiger partial charge in [0, 0.05) is 81.7 Å². The maximum atomic E-state index is 12.7. The van der Waals surface area contributed by atoms with Crippen LogP contribution in [0.1, 0.15) is 49.9 Å². The number of aromatic nitrogens is 1. The van der Waals surface area contributed by atoms with Crippen LogP contribution in [0.25, 0.3) is 10.9 Å². The highest BCUT2D eigenvalue weighted by atomic mass is 16.6. The number of ether oxygens (including phenoxy) is 1. The third-order valence-electron chi connectivity index (χ3n) is 8.64. The van der Waals surface area contributed by atoms with Crippen LogP contribution in [0.3, 0.4) is 0 Å². The van der Waals surface area contributed by atoms with E-state index >= 15 is 0 Å². The SMILES string of the molecule is C[C@@H]1CN(c2ccc(C#N)c3ncccc23)C[C@H]2CN(Cc3ccc4c(c3)CN(C(=O)OC(C)(C)C)CC4)CCN21. The van der Waals surface area contributed by atoms with Crippen LogP contribution in [-0.2, 0) is 24.2 Å². The summed E-state index contributed by atoms with van der Waals surface area (Å²) in [6.45, 7) is 15.3. The Morgan fingerprint density at radius 2 is 1.93 bits per heavy atom. The van der Waals surface area contributed by atoms with E-state index in [1.54, 1.807) is 6.20 Å². The number of anilines is 1. The highest BCUT2D eigenvalue weighted by Crippen LogP contribution is 2.32. The number of amides is 1. The number of hydrogen-bond donors (Lipinski definition) is 0. The Morgan fingerprint density at radius 3 is 2.73 bits per heavy atom. The molecule has 6 rings (SSSR count). The van der Waals surface area contributed by atoms with Crippen molar-refractivity contribution in [3.8, 4) is 6.07 Å². The Hall–Kier alpha value is -3.67. The first-order valence-corrected chi connectivity index (χ1v) is 14.8. The van der Waals surface area contributed by atoms with Crippen LogP contribution >= 0.6 is 0 Å². The van der Waals surface area contributed by atoms with E-state index in [1.807, 2.05) is 37.8 Å². The van der Waals surface area contributed by atoms with E-state index < -0.39 is 5.60 Å². The van der Waals surface area contributed by atoms with Gasteiger partial charge in [0.1, 0.15) is 11.7 Å². The van der Waals surface area contributed by atoms with Gasteiger partial charge >= 0.3 is 6.09 Å². The van der Waals surface area contributed by atoms with Crippen LogP contribution in [0.5, 0.6) is 0 Å². The number of pyridine rings is 1. The lowest BCUT2D eigenvalue weighted by Crippen LogP contribution is -2.65. The molecule has 3 aliphatic heterocycles. The average molecular weight is 553 g/mol. The molecular formula is C33H40N6O2. The maximum Gasteiger partial charge on any atom is 0.410 e. The molecule has 8 heteroatoms. The van der Waals surface area contributed by atoms with Crippen molar-refractivity contribution < 1.29 is 9.53 Å². The van der Waals surface area contributed by atoms with E-state index in [-0.39, 0.29) is 6.09 Å². The number of piperazine rings is 2. The van der Waals surface area contributed by atoms with Crippen molar-refractivity contribution in [2.45, 2.75) is 64.9 Å². The molecule has 2 saturated heterocycles. The minimum Gasteiger partial charge on any atom is -0.444 e. The molecular weight excluding hydrogens is 512 g/mol. The predicted molar refractivity (Wildman–Crippen MR) is 161 cm³/mol. The molecule has 4 heterocycles. The van der Waals surface area contributed by atoms with Gasteiger partial charge in [-0.15, -0.1) is 0 Å². The van der Waals surface area contributed by atoms with Gasteiger partial charge in [-0.2, -0.15) is 5.26 Å². The van der Waals surface area contributed by atoms with Gasteiger partial charge in [-0.05, 0) is 75.1 Å². The second-order valence-corrected chi connectivity index (χ2v) is 12.8. The molecule has 1 aromatic heterocycles. The van der Waals surface area contributed by atoms with Gasteiger partial charge in [-0.25, -0.2) is 4.79 Å². The van der Waals surface area contributed by atoms with Crippen LogP contribution in [0.4, 0.5) is 10.5 Å². The Kier molecular flexibility index (Phi) is 7.35. The molecule has 0 saturated carbocycles. The van der Waals surface area contributed by atoms with E-state index in [0.29, 0.717) is 30.7 Å². The summed E-state index contributed by atoms with van der Waals surface area (Å²) >= 11 is 0. The van der Waals surface area contributed by atoms with Crippen molar-refractivity contribution in [1.29, 1.82) is 5.26 Å². The molecule has 0 bridgehead atoms. The smallest absolute Gasteiger partial charge is 0.410 e. The fourth-order valence-corrected chi connectivity index (χ4v) is 6.74. The summed E-state index contributed by atoms with van der Waals surface area (Å²) in [6.07, 6.45) is 2.40. The zero-order chi connectivity index (χ0) is 28.7. The Bertz CT molecular complexity index is 1490. The van der Waals surface area contributed by atoms with E-state index in [9.17, 15) is 10.1 Å². The number of carbonyl (C=O) groups is 1. The minimum atomic E-state index is -0.488. The maximum absolute atomic E-state index is 12.7. The van der Waals surface area contributed by atoms with Crippen LogP contribution in [0.2, 0.25) is 0 Å². The molecule has 0 N–H and O–H groups in total. The largest absolute Gasteiger partial charge is 0.444 e. The number of rotatable bonds is 3. The van der Waals surface area contributed by atoms with Crippen molar-refractivity contribution in [3.05, 3.63) is 70.9 Å². The molecule has 2 aromatic carbocycles. The first-order valence-electron chi connectivity index (χ1n) is 14.8. The van der Waals surface area contributed by atoms with Crippen LogP contribution in [-0.4, -0.2) is 82.7 Å². The number of hydrogen-bond acceptors (Lipinski definition) is 7. The van der Waals surface area contributed by atoms with Gasteiger partial charge < -0.3 is 14.5 Å². The first kappa shape index (κ1) is 27.5. The fourth-order valence-electron chi connectivity index (χ4n) is 6.74. The van der Waals surface area contributed by atoms with E-state index in [2.05, 4.69) is 63.0 Å². The summed E-state index contributed by atoms with van der Waals surface area (Å²) in [6, 6.07) is 18.0. The summed E-state index contributed by atoms with van der Waals surface area (Å²) in [4.78, 5) is 26.8. The van der Waals surface area contributed by atoms with Crippen molar-refractivity contribution in [1.82, 2.24) is 19.7 Å². The molecule has 1 amide bonds. The van der Waals surface area contributed by atoms with Crippen molar-refractivity contribution in [3.63, 3.8) is 0 Å². The lowest BCUT2D eigenvalue weighted by molar-refractivity contribution is 0.0223. The lowest BCUT2D eigenvalue weighted by Gasteiger charge is -2.51. The third kappa shape index (κ3) is 5.74. The van der Waals surface area contributed by atoms with Crippen molar-refractivity contribution in [2.75, 3.05) is 44.2 Å². The average Bonchev–Trinajstić information content (AvgIpc) is 2.95. The summed E-state index contributed by atoms with van der Waals surface area (Å²) in [5.41, 5.74) is 5.95. The molecule has 0 aliphatic carbocycles. The van der Waals surface area contributed by atoms with Crippen molar-refractivity contribution in [2.24, 2.45) is 0 Å². The molecule has 3 aliphatic rings. The lowest BCUT2D eigenvalue weighted by atomic mass is 9.96. The normalized spacial score (nSPS) is 21.7. The van der Waals surface area contributed by atoms with Gasteiger partial charge in [0.25, 0.3) is 0 Å². The fraction of sp³-hybridized carbons (Fsp3) is 0.485. The Balaban J connectivity index is 1.15. The molecule has 2 fully saturated rings. The zero-order valence-corrected chi connectivity index (χ0v) is 24.6. The second-order valence-electron chi connectivity index (χ2n) is 12.8. The van der Waals surface area contributed by atoms with Crippen LogP contribution < -0.4 is 4.90 Å². The molecule has 0 radical (unpaired) electrons. The van der Waals surface area contributed by atoms with E-state index in [4.69, 9.17) is 4.74 Å². The second kappa shape index (κ2) is 11.0. The number of nitrogens with zero attached hydrogens (tertiary/aromatic N) is 6. The van der Waals surface area contributed by atoms with Gasteiger partial charge in [0.15, 0.2) is 0 Å². The molecule has 0 spiro atoms. The molecule has 2 atom stereocenters. The van der Waals surface area contributed by atoms with Crippen LogP contribution in [0.15, 0.2) is 48.7 Å². The van der Waals surface area contributed by atoms with Crippen LogP contribution in [0, 0.1) is 11.3 Å². The standard InChI is InChI=1S/C33H40N6O2/c1-23-18-38(30-10-9-26(17-34)31-29(30)6-5-12-35-31)22-28-21-36(14-15-39(23)28)19-24-7-8-25-11-13-37(20-27(25)16-24)32(40)41-33(2,3)4/h5-10,12,16,23,28H,11,13-15,18-22H2,1-4H3/t23-,28-/m1/s1. The van der Waals surface area contributed by atoms with Crippen molar-refractivity contribution >= 4 is 22.7 Å². The van der Waals surface area contributed by atoms with E-state index in [1.165, 1.54) is 22.4 Å². The number of carbonyl (C=O) groups excluding carboxylic acids is 1. The predicted octanol–water partition coefficient (Wildman–Crippen LogP) is 4.79. The zero-order valence-electron chi connectivity index (χ0n) is 24.6. The van der Waals surface area contributed by atoms with Gasteiger partial charge in [-0.1, -0.05) is 18.2 Å². The van der Waals surface area contributed by atoms with Gasteiger partial charge in [-0.3, -0.25) is 14.8 Å². The topological polar surface area (TPSA) is 75.9 Å². The molecule has 8 nitrogen and oxygen atoms in total. The van der Waals surface area contributed by atoms with Gasteiger partial charge in [0.2, 0.25) is 0 Å². The number of benzene rings is 2. The Morgan fingerprint density at radius 1 is 1.07 bits per heavy atom. The molecule has 0 unspecified atom stereocenters. The molecule has 3 aromatic rings. The Labute approximate surface area is 243 Å².